The van der Waals surface area contributed by atoms with Crippen LogP contribution < -0.4 is 19.5 Å². The fourth-order valence-corrected chi connectivity index (χ4v) is 3.47. The predicted molar refractivity (Wildman–Crippen MR) is 123 cm³/mol. The minimum Gasteiger partial charge on any atom is -0.493 e. The molecule has 0 aliphatic heterocycles. The number of ether oxygens (including phenoxy) is 3. The highest BCUT2D eigenvalue weighted by molar-refractivity contribution is 5.93. The molecule has 3 aromatic rings. The monoisotopic (exact) mass is 452 g/mol. The second-order valence-corrected chi connectivity index (χ2v) is 7.32. The summed E-state index contributed by atoms with van der Waals surface area (Å²) in [5.74, 6) is 1.86. The Hall–Kier alpha value is -3.94. The number of benzene rings is 2. The lowest BCUT2D eigenvalue weighted by atomic mass is 10.1. The summed E-state index contributed by atoms with van der Waals surface area (Å²) >= 11 is 0. The lowest BCUT2D eigenvalue weighted by Gasteiger charge is -2.23. The van der Waals surface area contributed by atoms with E-state index in [4.69, 9.17) is 18.6 Å². The molecule has 0 radical (unpaired) electrons. The van der Waals surface area contributed by atoms with Gasteiger partial charge in [-0.3, -0.25) is 9.59 Å². The third-order valence-electron chi connectivity index (χ3n) is 5.18. The van der Waals surface area contributed by atoms with Crippen molar-refractivity contribution in [1.29, 1.82) is 0 Å². The van der Waals surface area contributed by atoms with E-state index in [1.54, 1.807) is 48.5 Å². The van der Waals surface area contributed by atoms with Gasteiger partial charge in [0.05, 0.1) is 40.6 Å². The number of nitrogens with one attached hydrogen (secondary N) is 1. The fourth-order valence-electron chi connectivity index (χ4n) is 3.47. The van der Waals surface area contributed by atoms with Crippen LogP contribution in [0.1, 0.15) is 27.2 Å². The zero-order valence-electron chi connectivity index (χ0n) is 19.2. The zero-order valence-corrected chi connectivity index (χ0v) is 19.2. The van der Waals surface area contributed by atoms with E-state index in [-0.39, 0.29) is 18.2 Å². The molecule has 33 heavy (non-hydrogen) atoms. The van der Waals surface area contributed by atoms with Crippen LogP contribution in [0.2, 0.25) is 0 Å². The summed E-state index contributed by atoms with van der Waals surface area (Å²) in [5, 5.41) is 2.60. The zero-order chi connectivity index (χ0) is 23.8. The average molecular weight is 453 g/mol. The lowest BCUT2D eigenvalue weighted by molar-refractivity contribution is -0.132. The van der Waals surface area contributed by atoms with Crippen LogP contribution >= 0.6 is 0 Å². The topological polar surface area (TPSA) is 90.2 Å². The molecule has 3 rings (SSSR count). The Morgan fingerprint density at radius 3 is 2.09 bits per heavy atom. The Labute approximate surface area is 193 Å². The highest BCUT2D eigenvalue weighted by atomic mass is 16.5. The predicted octanol–water partition coefficient (Wildman–Crippen LogP) is 3.44. The largest absolute Gasteiger partial charge is 0.493 e. The van der Waals surface area contributed by atoms with Crippen molar-refractivity contribution in [2.24, 2.45) is 0 Å². The molecule has 0 saturated heterocycles. The Kier molecular flexibility index (Phi) is 7.96. The van der Waals surface area contributed by atoms with Crippen molar-refractivity contribution in [3.63, 3.8) is 0 Å². The normalized spacial score (nSPS) is 10.4. The van der Waals surface area contributed by atoms with Gasteiger partial charge in [0.2, 0.25) is 11.7 Å². The van der Waals surface area contributed by atoms with Crippen LogP contribution in [-0.2, 0) is 24.3 Å². The number of nitrogens with zero attached hydrogens (tertiary/aromatic N) is 1. The van der Waals surface area contributed by atoms with Gasteiger partial charge < -0.3 is 28.8 Å². The van der Waals surface area contributed by atoms with Gasteiger partial charge in [-0.15, -0.1) is 0 Å². The Morgan fingerprint density at radius 1 is 0.909 bits per heavy atom. The second kappa shape index (κ2) is 11.1. The molecule has 1 heterocycles. The van der Waals surface area contributed by atoms with E-state index < -0.39 is 0 Å². The van der Waals surface area contributed by atoms with E-state index in [0.29, 0.717) is 41.7 Å². The first-order valence-corrected chi connectivity index (χ1v) is 10.4. The van der Waals surface area contributed by atoms with E-state index in [1.807, 2.05) is 18.2 Å². The number of carbonyl (C=O) groups is 2. The fraction of sp³-hybridized carbons (Fsp3) is 0.280. The quantitative estimate of drug-likeness (QED) is 0.507. The molecule has 2 amide bonds. The molecule has 1 aromatic heterocycles. The maximum atomic E-state index is 13.3. The molecule has 1 N–H and O–H groups in total. The Bertz CT molecular complexity index is 1050. The molecule has 0 atom stereocenters. The van der Waals surface area contributed by atoms with Crippen molar-refractivity contribution in [2.75, 3.05) is 28.4 Å². The first kappa shape index (κ1) is 23.7. The Morgan fingerprint density at radius 2 is 1.58 bits per heavy atom. The summed E-state index contributed by atoms with van der Waals surface area (Å²) in [6.45, 7) is 0.672. The van der Waals surface area contributed by atoms with Gasteiger partial charge in [-0.2, -0.15) is 0 Å². The van der Waals surface area contributed by atoms with Crippen LogP contribution in [0.25, 0.3) is 0 Å². The van der Waals surface area contributed by atoms with Gasteiger partial charge in [0.15, 0.2) is 11.5 Å². The van der Waals surface area contributed by atoms with Crippen molar-refractivity contribution in [2.45, 2.75) is 19.5 Å². The van der Waals surface area contributed by atoms with E-state index in [1.165, 1.54) is 21.3 Å². The first-order chi connectivity index (χ1) is 16.0. The molecule has 0 spiro atoms. The molecule has 2 aromatic carbocycles. The molecular formula is C25H28N2O6. The van der Waals surface area contributed by atoms with E-state index >= 15 is 0 Å². The SMILES string of the molecule is CNC(=O)c1ccc(CN(Cc2ccco2)C(=O)Cc2cc(OC)c(OC)c(OC)c2)cc1. The van der Waals surface area contributed by atoms with Gasteiger partial charge in [-0.1, -0.05) is 12.1 Å². The first-order valence-electron chi connectivity index (χ1n) is 10.4. The second-order valence-electron chi connectivity index (χ2n) is 7.32. The van der Waals surface area contributed by atoms with Crippen LogP contribution in [0, 0.1) is 0 Å². The minimum atomic E-state index is -0.160. The Balaban J connectivity index is 1.83. The van der Waals surface area contributed by atoms with Gasteiger partial charge in [-0.05, 0) is 47.5 Å². The smallest absolute Gasteiger partial charge is 0.251 e. The molecule has 174 valence electrons. The molecule has 0 aliphatic carbocycles. The van der Waals surface area contributed by atoms with Gasteiger partial charge in [0, 0.05) is 19.2 Å². The van der Waals surface area contributed by atoms with Crippen molar-refractivity contribution >= 4 is 11.8 Å². The number of hydrogen-bond donors (Lipinski definition) is 1. The molecule has 0 aliphatic rings. The van der Waals surface area contributed by atoms with Crippen LogP contribution in [0.3, 0.4) is 0 Å². The van der Waals surface area contributed by atoms with Gasteiger partial charge in [0.25, 0.3) is 5.91 Å². The van der Waals surface area contributed by atoms with Crippen molar-refractivity contribution in [3.05, 3.63) is 77.2 Å². The summed E-state index contributed by atoms with van der Waals surface area (Å²) in [6, 6.07) is 14.3. The number of carbonyl (C=O) groups excluding carboxylic acids is 2. The summed E-state index contributed by atoms with van der Waals surface area (Å²) in [4.78, 5) is 26.8. The van der Waals surface area contributed by atoms with Gasteiger partial charge in [-0.25, -0.2) is 0 Å². The number of rotatable bonds is 10. The van der Waals surface area contributed by atoms with Crippen LogP contribution in [0.15, 0.2) is 59.2 Å². The average Bonchev–Trinajstić information content (AvgIpc) is 3.36. The van der Waals surface area contributed by atoms with Crippen molar-refractivity contribution < 1.29 is 28.2 Å². The van der Waals surface area contributed by atoms with Crippen molar-refractivity contribution in [3.8, 4) is 17.2 Å². The summed E-state index contributed by atoms with van der Waals surface area (Å²) < 4.78 is 21.6. The summed E-state index contributed by atoms with van der Waals surface area (Å²) in [6.07, 6.45) is 1.71. The van der Waals surface area contributed by atoms with E-state index in [9.17, 15) is 9.59 Å². The van der Waals surface area contributed by atoms with E-state index in [2.05, 4.69) is 5.32 Å². The highest BCUT2D eigenvalue weighted by Gasteiger charge is 2.20. The molecular weight excluding hydrogens is 424 g/mol. The molecule has 0 fully saturated rings. The van der Waals surface area contributed by atoms with E-state index in [0.717, 1.165) is 11.1 Å². The number of hydrogen-bond acceptors (Lipinski definition) is 6. The molecule has 8 nitrogen and oxygen atoms in total. The summed E-state index contributed by atoms with van der Waals surface area (Å²) in [5.41, 5.74) is 2.18. The maximum Gasteiger partial charge on any atom is 0.251 e. The maximum absolute atomic E-state index is 13.3. The van der Waals surface area contributed by atoms with Gasteiger partial charge >= 0.3 is 0 Å². The van der Waals surface area contributed by atoms with Crippen LogP contribution in [0.4, 0.5) is 0 Å². The van der Waals surface area contributed by atoms with Gasteiger partial charge in [0.1, 0.15) is 5.76 Å². The highest BCUT2D eigenvalue weighted by Crippen LogP contribution is 2.38. The lowest BCUT2D eigenvalue weighted by Crippen LogP contribution is -2.31. The third kappa shape index (κ3) is 5.85. The number of amides is 2. The summed E-state index contributed by atoms with van der Waals surface area (Å²) in [7, 11) is 6.19. The van der Waals surface area contributed by atoms with Crippen LogP contribution in [0.5, 0.6) is 17.2 Å². The number of methoxy groups -OCH3 is 3. The minimum absolute atomic E-state index is 0.101. The van der Waals surface area contributed by atoms with Crippen LogP contribution in [-0.4, -0.2) is 45.1 Å². The third-order valence-corrected chi connectivity index (χ3v) is 5.18. The molecule has 0 unspecified atom stereocenters. The van der Waals surface area contributed by atoms with Crippen molar-refractivity contribution in [1.82, 2.24) is 10.2 Å². The number of furan rings is 1. The standard InChI is InChI=1S/C25H28N2O6/c1-26-25(29)19-9-7-17(8-10-19)15-27(16-20-6-5-11-33-20)23(28)14-18-12-21(30-2)24(32-4)22(13-18)31-3/h5-13H,14-16H2,1-4H3,(H,26,29). The molecule has 8 heteroatoms. The molecule has 0 bridgehead atoms. The molecule has 0 saturated carbocycles.